The molecule has 1 saturated heterocycles. The van der Waals surface area contributed by atoms with Crippen LogP contribution < -0.4 is 10.6 Å². The number of benzene rings is 1. The number of nitrogens with one attached hydrogen (secondary N) is 2. The van der Waals surface area contributed by atoms with E-state index in [1.54, 1.807) is 0 Å². The van der Waals surface area contributed by atoms with E-state index in [1.807, 2.05) is 0 Å². The first-order valence-corrected chi connectivity index (χ1v) is 8.91. The summed E-state index contributed by atoms with van der Waals surface area (Å²) in [6.07, 6.45) is 2.84. The van der Waals surface area contributed by atoms with E-state index in [1.165, 1.54) is 16.5 Å². The quantitative estimate of drug-likeness (QED) is 0.481. The van der Waals surface area contributed by atoms with Crippen LogP contribution in [0.5, 0.6) is 0 Å². The van der Waals surface area contributed by atoms with Crippen LogP contribution in [0.4, 0.5) is 0 Å². The van der Waals surface area contributed by atoms with Crippen molar-refractivity contribution in [2.24, 2.45) is 0 Å². The van der Waals surface area contributed by atoms with Gasteiger partial charge in [0.1, 0.15) is 0 Å². The Morgan fingerprint density at radius 2 is 2.16 bits per heavy atom. The third-order valence-corrected chi connectivity index (χ3v) is 4.59. The normalized spacial score (nSPS) is 14.9. The molecule has 0 saturated carbocycles. The van der Waals surface area contributed by atoms with Gasteiger partial charge in [0.2, 0.25) is 6.41 Å². The van der Waals surface area contributed by atoms with Gasteiger partial charge in [0.15, 0.2) is 0 Å². The number of nitrogens with zero attached hydrogens (tertiary/aromatic N) is 1. The number of fused-ring (bicyclic) bond motifs is 1. The van der Waals surface area contributed by atoms with Gasteiger partial charge in [-0.2, -0.15) is 0 Å². The summed E-state index contributed by atoms with van der Waals surface area (Å²) in [6.45, 7) is 5.95. The van der Waals surface area contributed by atoms with Crippen molar-refractivity contribution in [2.45, 2.75) is 38.9 Å². The summed E-state index contributed by atoms with van der Waals surface area (Å²) in [5.41, 5.74) is 3.47. The van der Waals surface area contributed by atoms with Gasteiger partial charge in [-0.15, -0.1) is 0 Å². The van der Waals surface area contributed by atoms with Crippen molar-refractivity contribution < 1.29 is 9.53 Å². The van der Waals surface area contributed by atoms with Gasteiger partial charge in [-0.25, -0.2) is 0 Å². The topological polar surface area (TPSA) is 55.3 Å². The lowest BCUT2D eigenvalue weighted by molar-refractivity contribution is -0.109. The fourth-order valence-corrected chi connectivity index (χ4v) is 3.27. The Bertz CT molecular complexity index is 779. The molecule has 132 valence electrons. The summed E-state index contributed by atoms with van der Waals surface area (Å²) in [4.78, 5) is 10.3. The van der Waals surface area contributed by atoms with Crippen LogP contribution in [0.25, 0.3) is 10.9 Å². The smallest absolute Gasteiger partial charge is 0.207 e. The van der Waals surface area contributed by atoms with E-state index in [4.69, 9.17) is 4.74 Å². The lowest BCUT2D eigenvalue weighted by Gasteiger charge is -2.23. The van der Waals surface area contributed by atoms with Gasteiger partial charge in [0.05, 0.1) is 12.2 Å². The molecule has 1 aromatic carbocycles. The molecule has 2 aromatic rings. The van der Waals surface area contributed by atoms with Crippen LogP contribution in [-0.4, -0.2) is 36.8 Å². The van der Waals surface area contributed by atoms with E-state index in [0.29, 0.717) is 19.0 Å². The maximum Gasteiger partial charge on any atom is 0.207 e. The molecule has 0 unspecified atom stereocenters. The number of carbonyl (C=O) groups excluding carboxylic acids is 1. The van der Waals surface area contributed by atoms with Crippen LogP contribution in [0.2, 0.25) is 0 Å². The summed E-state index contributed by atoms with van der Waals surface area (Å²) < 4.78 is 7.61. The molecule has 1 aromatic heterocycles. The second kappa shape index (κ2) is 8.70. The van der Waals surface area contributed by atoms with Crippen LogP contribution in [0.15, 0.2) is 24.3 Å². The standard InChI is InChI=1S/C20H25N3O2/c1-2-23-19(4-3-9-21-15-24)13-17-12-16(5-6-20(17)23)14-22-18-7-10-25-11-8-18/h5-6,12-13,15,18,22H,2,7-11,14H2,1H3,(H,21,24). The Labute approximate surface area is 148 Å². The van der Waals surface area contributed by atoms with Gasteiger partial charge in [-0.05, 0) is 49.4 Å². The Balaban J connectivity index is 1.74. The van der Waals surface area contributed by atoms with Gasteiger partial charge in [0, 0.05) is 43.2 Å². The van der Waals surface area contributed by atoms with E-state index >= 15 is 0 Å². The third-order valence-electron chi connectivity index (χ3n) is 4.59. The van der Waals surface area contributed by atoms with Gasteiger partial charge >= 0.3 is 0 Å². The van der Waals surface area contributed by atoms with Crippen molar-refractivity contribution in [1.29, 1.82) is 0 Å². The van der Waals surface area contributed by atoms with E-state index in [0.717, 1.165) is 44.8 Å². The fourth-order valence-electron chi connectivity index (χ4n) is 3.27. The first-order valence-electron chi connectivity index (χ1n) is 8.91. The molecule has 5 heteroatoms. The van der Waals surface area contributed by atoms with Crippen molar-refractivity contribution >= 4 is 17.3 Å². The SMILES string of the molecule is CCn1c(C#CCNC=O)cc2cc(CNC3CCOCC3)ccc21. The van der Waals surface area contributed by atoms with Crippen LogP contribution in [0, 0.1) is 11.8 Å². The molecule has 0 radical (unpaired) electrons. The molecule has 0 spiro atoms. The predicted octanol–water partition coefficient (Wildman–Crippen LogP) is 2.03. The third kappa shape index (κ3) is 4.41. The molecule has 1 fully saturated rings. The number of aryl methyl sites for hydroxylation is 1. The number of hydrogen-bond donors (Lipinski definition) is 2. The average Bonchev–Trinajstić information content (AvgIpc) is 3.01. The molecule has 0 aliphatic carbocycles. The molecule has 2 N–H and O–H groups in total. The van der Waals surface area contributed by atoms with E-state index in [-0.39, 0.29) is 0 Å². The number of carbonyl (C=O) groups is 1. The average molecular weight is 339 g/mol. The zero-order valence-corrected chi connectivity index (χ0v) is 14.7. The summed E-state index contributed by atoms with van der Waals surface area (Å²) >= 11 is 0. The second-order valence-corrected chi connectivity index (χ2v) is 6.24. The minimum absolute atomic E-state index is 0.370. The van der Waals surface area contributed by atoms with Gasteiger partial charge < -0.3 is 19.9 Å². The molecule has 0 atom stereocenters. The number of hydrogen-bond acceptors (Lipinski definition) is 3. The lowest BCUT2D eigenvalue weighted by Crippen LogP contribution is -2.34. The van der Waals surface area contributed by atoms with E-state index in [9.17, 15) is 4.79 Å². The number of rotatable bonds is 6. The second-order valence-electron chi connectivity index (χ2n) is 6.24. The molecule has 0 bridgehead atoms. The highest BCUT2D eigenvalue weighted by molar-refractivity contribution is 5.83. The first kappa shape index (κ1) is 17.5. The zero-order chi connectivity index (χ0) is 17.5. The molecular formula is C20H25N3O2. The lowest BCUT2D eigenvalue weighted by atomic mass is 10.1. The highest BCUT2D eigenvalue weighted by atomic mass is 16.5. The first-order chi connectivity index (χ1) is 12.3. The van der Waals surface area contributed by atoms with Crippen molar-refractivity contribution in [3.8, 4) is 11.8 Å². The van der Waals surface area contributed by atoms with Gasteiger partial charge in [-0.1, -0.05) is 12.0 Å². The molecule has 1 amide bonds. The molecule has 5 nitrogen and oxygen atoms in total. The zero-order valence-electron chi connectivity index (χ0n) is 14.7. The van der Waals surface area contributed by atoms with E-state index < -0.39 is 0 Å². The maximum atomic E-state index is 10.3. The van der Waals surface area contributed by atoms with Crippen molar-refractivity contribution in [3.05, 3.63) is 35.5 Å². The molecule has 1 aliphatic heterocycles. The number of ether oxygens (including phenoxy) is 1. The molecule has 25 heavy (non-hydrogen) atoms. The largest absolute Gasteiger partial charge is 0.381 e. The number of aromatic nitrogens is 1. The van der Waals surface area contributed by atoms with Crippen molar-refractivity contribution in [2.75, 3.05) is 19.8 Å². The molecular weight excluding hydrogens is 314 g/mol. The number of amides is 1. The minimum atomic E-state index is 0.370. The van der Waals surface area contributed by atoms with Crippen LogP contribution in [0.1, 0.15) is 31.0 Å². The fraction of sp³-hybridized carbons (Fsp3) is 0.450. The van der Waals surface area contributed by atoms with Gasteiger partial charge in [-0.3, -0.25) is 4.79 Å². The minimum Gasteiger partial charge on any atom is -0.381 e. The predicted molar refractivity (Wildman–Crippen MR) is 99.2 cm³/mol. The summed E-state index contributed by atoms with van der Waals surface area (Å²) in [5, 5.41) is 7.41. The van der Waals surface area contributed by atoms with E-state index in [2.05, 4.69) is 58.2 Å². The highest BCUT2D eigenvalue weighted by Crippen LogP contribution is 2.21. The molecule has 1 aliphatic rings. The van der Waals surface area contributed by atoms with Crippen molar-refractivity contribution in [3.63, 3.8) is 0 Å². The Hall–Kier alpha value is -2.29. The Morgan fingerprint density at radius 1 is 1.32 bits per heavy atom. The Morgan fingerprint density at radius 3 is 2.92 bits per heavy atom. The Kier molecular flexibility index (Phi) is 6.10. The molecule has 3 rings (SSSR count). The van der Waals surface area contributed by atoms with Gasteiger partial charge in [0.25, 0.3) is 0 Å². The van der Waals surface area contributed by atoms with Crippen LogP contribution in [0.3, 0.4) is 0 Å². The van der Waals surface area contributed by atoms with Crippen LogP contribution in [-0.2, 0) is 22.6 Å². The maximum absolute atomic E-state index is 10.3. The monoisotopic (exact) mass is 339 g/mol. The summed E-state index contributed by atoms with van der Waals surface area (Å²) in [7, 11) is 0. The summed E-state index contributed by atoms with van der Waals surface area (Å²) in [5.74, 6) is 6.14. The summed E-state index contributed by atoms with van der Waals surface area (Å²) in [6, 6.07) is 9.28. The highest BCUT2D eigenvalue weighted by Gasteiger charge is 2.13. The van der Waals surface area contributed by atoms with Crippen molar-refractivity contribution in [1.82, 2.24) is 15.2 Å². The van der Waals surface area contributed by atoms with Crippen LogP contribution >= 0.6 is 0 Å². The molecule has 2 heterocycles.